The minimum atomic E-state index is -0.446. The van der Waals surface area contributed by atoms with Crippen LogP contribution in [0.2, 0.25) is 0 Å². The van der Waals surface area contributed by atoms with Gasteiger partial charge in [-0.25, -0.2) is 0 Å². The van der Waals surface area contributed by atoms with Crippen LogP contribution in [0.25, 0.3) is 33.6 Å². The highest BCUT2D eigenvalue weighted by molar-refractivity contribution is 5.77. The molecule has 2 nitrogen and oxygen atoms in total. The van der Waals surface area contributed by atoms with Gasteiger partial charge in [-0.2, -0.15) is 0 Å². The fourth-order valence-corrected chi connectivity index (χ4v) is 5.98. The lowest BCUT2D eigenvalue weighted by Gasteiger charge is -2.19. The third-order valence-corrected chi connectivity index (χ3v) is 7.31. The van der Waals surface area contributed by atoms with E-state index in [1.54, 1.807) is 0 Å². The van der Waals surface area contributed by atoms with Gasteiger partial charge >= 0.3 is 5.66 Å². The Morgan fingerprint density at radius 2 is 1.36 bits per heavy atom. The van der Waals surface area contributed by atoms with Crippen molar-refractivity contribution in [2.45, 2.75) is 19.5 Å². The van der Waals surface area contributed by atoms with Crippen molar-refractivity contribution in [1.29, 1.82) is 0 Å². The molecule has 0 bridgehead atoms. The van der Waals surface area contributed by atoms with Gasteiger partial charge in [-0.3, -0.25) is 0 Å². The van der Waals surface area contributed by atoms with E-state index in [1.165, 1.54) is 56.0 Å². The molecule has 0 radical (unpaired) electrons. The number of nitrogens with zero attached hydrogens (tertiary/aromatic N) is 2. The maximum absolute atomic E-state index is 2.54. The first-order valence-corrected chi connectivity index (χ1v) is 11.5. The number of hydrogen-bond donors (Lipinski definition) is 0. The van der Waals surface area contributed by atoms with Gasteiger partial charge in [0, 0.05) is 30.7 Å². The summed E-state index contributed by atoms with van der Waals surface area (Å²) < 4.78 is 5.05. The summed E-state index contributed by atoms with van der Waals surface area (Å²) in [6.07, 6.45) is 2.32. The maximum atomic E-state index is 2.54. The quantitative estimate of drug-likeness (QED) is 0.294. The molecule has 1 atom stereocenters. The van der Waals surface area contributed by atoms with Crippen LogP contribution in [0, 0.1) is 13.8 Å². The number of fused-ring (bicyclic) bond motifs is 10. The lowest BCUT2D eigenvalue weighted by molar-refractivity contribution is -0.957. The van der Waals surface area contributed by atoms with Crippen molar-refractivity contribution in [2.75, 3.05) is 0 Å². The zero-order valence-electron chi connectivity index (χ0n) is 18.8. The Balaban J connectivity index is 1.67. The Hall–Kier alpha value is -4.04. The summed E-state index contributed by atoms with van der Waals surface area (Å²) in [4.78, 5) is 0. The lowest BCUT2D eigenvalue weighted by Crippen LogP contribution is -2.72. The summed E-state index contributed by atoms with van der Waals surface area (Å²) in [5, 5.41) is 0. The first kappa shape index (κ1) is 18.5. The van der Waals surface area contributed by atoms with Gasteiger partial charge < -0.3 is 0 Å². The van der Waals surface area contributed by atoms with Gasteiger partial charge in [0.2, 0.25) is 11.4 Å². The molecule has 1 unspecified atom stereocenters. The molecule has 0 amide bonds. The van der Waals surface area contributed by atoms with E-state index in [-0.39, 0.29) is 0 Å². The van der Waals surface area contributed by atoms with Crippen LogP contribution in [0.15, 0.2) is 109 Å². The van der Waals surface area contributed by atoms with E-state index in [0.29, 0.717) is 0 Å². The van der Waals surface area contributed by atoms with Gasteiger partial charge in [0.05, 0.1) is 11.1 Å². The molecule has 4 heterocycles. The van der Waals surface area contributed by atoms with E-state index in [0.717, 1.165) is 0 Å². The number of pyridine rings is 2. The topological polar surface area (TPSA) is 7.76 Å². The lowest BCUT2D eigenvalue weighted by atomic mass is 9.87. The number of rotatable bonds is 1. The first-order valence-electron chi connectivity index (χ1n) is 11.5. The Labute approximate surface area is 194 Å². The Morgan fingerprint density at radius 3 is 2.24 bits per heavy atom. The standard InChI is InChI=1S/C31H24N2/c1-21-15-18-29-26-17-16-24(23-10-4-3-5-11-23)19-28(26)31(32(29)20-21)27-13-7-6-12-25(27)30-14-8-9-22(2)33(30)31/h3-20H,1-2H3/q+2. The minimum absolute atomic E-state index is 0.446. The number of aromatic nitrogens is 2. The SMILES string of the molecule is Cc1ccc2[n+](c1)C1(c3cc(-c4ccccc4)ccc3-2)c2ccccc2-c2cccc(C)[n+]21. The second-order valence-electron chi connectivity index (χ2n) is 9.19. The number of hydrogen-bond acceptors (Lipinski definition) is 0. The van der Waals surface area contributed by atoms with Crippen LogP contribution in [-0.4, -0.2) is 0 Å². The Kier molecular flexibility index (Phi) is 3.64. The van der Waals surface area contributed by atoms with E-state index in [1.807, 2.05) is 0 Å². The zero-order chi connectivity index (χ0) is 22.2. The summed E-state index contributed by atoms with van der Waals surface area (Å²) in [5.74, 6) is 0. The van der Waals surface area contributed by atoms with E-state index >= 15 is 0 Å². The highest BCUT2D eigenvalue weighted by Crippen LogP contribution is 2.48. The largest absolute Gasteiger partial charge is 0.417 e. The second-order valence-corrected chi connectivity index (χ2v) is 9.19. The first-order chi connectivity index (χ1) is 16.2. The summed E-state index contributed by atoms with van der Waals surface area (Å²) in [5.41, 5.74) is 12.4. The molecular weight excluding hydrogens is 400 g/mol. The highest BCUT2D eigenvalue weighted by atomic mass is 15.3. The minimum Gasteiger partial charge on any atom is -0.125 e. The Morgan fingerprint density at radius 1 is 0.576 bits per heavy atom. The molecule has 0 aliphatic carbocycles. The summed E-state index contributed by atoms with van der Waals surface area (Å²) in [6.45, 7) is 4.41. The van der Waals surface area contributed by atoms with Crippen LogP contribution < -0.4 is 9.13 Å². The van der Waals surface area contributed by atoms with Crippen molar-refractivity contribution < 1.29 is 9.13 Å². The van der Waals surface area contributed by atoms with Crippen LogP contribution in [0.4, 0.5) is 0 Å². The molecule has 0 fully saturated rings. The molecule has 3 aromatic carbocycles. The molecule has 0 saturated carbocycles. The maximum Gasteiger partial charge on any atom is 0.417 e. The second kappa shape index (κ2) is 6.49. The molecule has 2 heteroatoms. The molecule has 2 aromatic heterocycles. The van der Waals surface area contributed by atoms with Gasteiger partial charge in [-0.15, -0.1) is 9.13 Å². The number of aryl methyl sites for hydroxylation is 2. The van der Waals surface area contributed by atoms with Crippen molar-refractivity contribution in [1.82, 2.24) is 0 Å². The monoisotopic (exact) mass is 424 g/mol. The average molecular weight is 425 g/mol. The predicted octanol–water partition coefficient (Wildman–Crippen LogP) is 5.80. The molecule has 2 aliphatic heterocycles. The van der Waals surface area contributed by atoms with Crippen molar-refractivity contribution in [3.8, 4) is 33.6 Å². The van der Waals surface area contributed by atoms with E-state index in [9.17, 15) is 0 Å². The smallest absolute Gasteiger partial charge is 0.125 e. The summed E-state index contributed by atoms with van der Waals surface area (Å²) in [7, 11) is 0. The van der Waals surface area contributed by atoms with E-state index in [2.05, 4.69) is 132 Å². The molecule has 7 rings (SSSR count). The highest BCUT2D eigenvalue weighted by Gasteiger charge is 2.67. The third kappa shape index (κ3) is 2.28. The van der Waals surface area contributed by atoms with Crippen molar-refractivity contribution in [3.05, 3.63) is 132 Å². The molecule has 33 heavy (non-hydrogen) atoms. The van der Waals surface area contributed by atoms with Gasteiger partial charge in [0.1, 0.15) is 11.1 Å². The third-order valence-electron chi connectivity index (χ3n) is 7.31. The molecule has 5 aromatic rings. The van der Waals surface area contributed by atoms with E-state index in [4.69, 9.17) is 0 Å². The fraction of sp³-hybridized carbons (Fsp3) is 0.0968. The number of benzene rings is 3. The average Bonchev–Trinajstić information content (AvgIpc) is 3.31. The van der Waals surface area contributed by atoms with E-state index < -0.39 is 5.66 Å². The predicted molar refractivity (Wildman–Crippen MR) is 131 cm³/mol. The van der Waals surface area contributed by atoms with Gasteiger partial charge in [-0.05, 0) is 54.4 Å². The van der Waals surface area contributed by atoms with Gasteiger partial charge in [-0.1, -0.05) is 48.5 Å². The molecule has 0 N–H and O–H groups in total. The van der Waals surface area contributed by atoms with Crippen LogP contribution in [0.5, 0.6) is 0 Å². The zero-order valence-corrected chi connectivity index (χ0v) is 18.8. The summed E-state index contributed by atoms with van der Waals surface area (Å²) in [6, 6.07) is 37.8. The van der Waals surface area contributed by atoms with Crippen molar-refractivity contribution in [2.24, 2.45) is 0 Å². The normalized spacial score (nSPS) is 16.9. The van der Waals surface area contributed by atoms with Crippen LogP contribution in [0.1, 0.15) is 22.4 Å². The summed E-state index contributed by atoms with van der Waals surface area (Å²) >= 11 is 0. The van der Waals surface area contributed by atoms with Crippen molar-refractivity contribution in [3.63, 3.8) is 0 Å². The fourth-order valence-electron chi connectivity index (χ4n) is 5.98. The molecular formula is C31H24N2+2. The molecule has 0 saturated heterocycles. The Bertz CT molecular complexity index is 1580. The van der Waals surface area contributed by atoms with Crippen LogP contribution in [-0.2, 0) is 5.66 Å². The van der Waals surface area contributed by atoms with Gasteiger partial charge in [0.15, 0.2) is 11.9 Å². The molecule has 2 aliphatic rings. The molecule has 1 spiro atoms. The van der Waals surface area contributed by atoms with Crippen LogP contribution in [0.3, 0.4) is 0 Å². The van der Waals surface area contributed by atoms with Crippen LogP contribution >= 0.6 is 0 Å². The van der Waals surface area contributed by atoms with Gasteiger partial charge in [0.25, 0.3) is 0 Å². The molecule has 156 valence electrons. The van der Waals surface area contributed by atoms with Crippen molar-refractivity contribution >= 4 is 0 Å².